The molecule has 0 N–H and O–H groups in total. The molecule has 2 saturated heterocycles. The third-order valence-corrected chi connectivity index (χ3v) is 3.54. The van der Waals surface area contributed by atoms with Gasteiger partial charge in [0.25, 0.3) is 5.92 Å². The van der Waals surface area contributed by atoms with Crippen molar-refractivity contribution in [2.45, 2.75) is 12.3 Å². The van der Waals surface area contributed by atoms with E-state index in [-0.39, 0.29) is 13.0 Å². The molecular formula is C10H20F2N2S. The van der Waals surface area contributed by atoms with Crippen LogP contribution in [0, 0.1) is 0 Å². The number of likely N-dealkylation sites (tertiary alicyclic amines) is 1. The van der Waals surface area contributed by atoms with Gasteiger partial charge in [0.05, 0.1) is 6.54 Å². The third-order valence-electron chi connectivity index (χ3n) is 2.60. The number of rotatable bonds is 0. The van der Waals surface area contributed by atoms with Gasteiger partial charge in [0.2, 0.25) is 0 Å². The van der Waals surface area contributed by atoms with Gasteiger partial charge in [-0.25, -0.2) is 8.78 Å². The molecule has 2 aliphatic heterocycles. The third kappa shape index (κ3) is 5.68. The summed E-state index contributed by atoms with van der Waals surface area (Å²) in [4.78, 5) is 4.01. The molecule has 2 rings (SSSR count). The van der Waals surface area contributed by atoms with Crippen LogP contribution in [0.15, 0.2) is 0 Å². The maximum atomic E-state index is 12.2. The molecule has 0 aromatic rings. The Morgan fingerprint density at radius 3 is 1.80 bits per heavy atom. The fourth-order valence-corrected chi connectivity index (χ4v) is 2.65. The Hall–Kier alpha value is 0.130. The second-order valence-electron chi connectivity index (χ2n) is 4.26. The van der Waals surface area contributed by atoms with Gasteiger partial charge in [-0.3, -0.25) is 0 Å². The highest BCUT2D eigenvalue weighted by molar-refractivity contribution is 7.99. The fourth-order valence-electron chi connectivity index (χ4n) is 1.56. The molecule has 0 aliphatic carbocycles. The minimum atomic E-state index is -2.41. The minimum Gasteiger partial charge on any atom is -0.305 e. The molecule has 2 heterocycles. The molecule has 0 spiro atoms. The van der Waals surface area contributed by atoms with Crippen molar-refractivity contribution in [2.24, 2.45) is 0 Å². The van der Waals surface area contributed by atoms with Crippen LogP contribution in [0.1, 0.15) is 6.42 Å². The molecule has 0 saturated carbocycles. The summed E-state index contributed by atoms with van der Waals surface area (Å²) in [6.45, 7) is 3.04. The molecule has 15 heavy (non-hydrogen) atoms. The van der Waals surface area contributed by atoms with Crippen LogP contribution in [0.3, 0.4) is 0 Å². The van der Waals surface area contributed by atoms with Crippen molar-refractivity contribution in [1.82, 2.24) is 9.80 Å². The summed E-state index contributed by atoms with van der Waals surface area (Å²) < 4.78 is 24.3. The summed E-state index contributed by atoms with van der Waals surface area (Å²) in [5, 5.41) is 0. The Balaban J connectivity index is 0.000000151. The first-order valence-electron chi connectivity index (χ1n) is 5.32. The van der Waals surface area contributed by atoms with Crippen LogP contribution in [0.2, 0.25) is 0 Å². The standard InChI is InChI=1S/C5H9F2N.C5H11NS/c1-8-3-2-5(6,7)4-8;1-6-2-4-7-5-3-6/h2-4H2,1H3;2-5H2,1H3. The molecule has 0 amide bonds. The SMILES string of the molecule is CN1CCC(F)(F)C1.CN1CCSCC1. The summed E-state index contributed by atoms with van der Waals surface area (Å²) in [6, 6.07) is 0. The van der Waals surface area contributed by atoms with E-state index in [1.807, 2.05) is 0 Å². The quantitative estimate of drug-likeness (QED) is 0.633. The molecule has 90 valence electrons. The minimum absolute atomic E-state index is 0.0312. The fraction of sp³-hybridized carbons (Fsp3) is 1.00. The van der Waals surface area contributed by atoms with E-state index in [4.69, 9.17) is 0 Å². The largest absolute Gasteiger partial charge is 0.305 e. The zero-order chi connectivity index (χ0) is 11.3. The van der Waals surface area contributed by atoms with Gasteiger partial charge < -0.3 is 9.80 Å². The predicted molar refractivity (Wildman–Crippen MR) is 61.9 cm³/mol. The first-order chi connectivity index (χ1) is 6.99. The molecule has 0 bridgehead atoms. The van der Waals surface area contributed by atoms with Crippen LogP contribution in [-0.4, -0.2) is 67.5 Å². The molecular weight excluding hydrogens is 218 g/mol. The zero-order valence-corrected chi connectivity index (χ0v) is 10.3. The highest BCUT2D eigenvalue weighted by Gasteiger charge is 2.35. The van der Waals surface area contributed by atoms with Gasteiger partial charge in [0.15, 0.2) is 0 Å². The Morgan fingerprint density at radius 1 is 1.00 bits per heavy atom. The van der Waals surface area contributed by atoms with E-state index >= 15 is 0 Å². The smallest absolute Gasteiger partial charge is 0.261 e. The van der Waals surface area contributed by atoms with Gasteiger partial charge in [-0.15, -0.1) is 0 Å². The Kier molecular flexibility index (Phi) is 5.29. The topological polar surface area (TPSA) is 6.48 Å². The molecule has 2 aliphatic rings. The number of hydrogen-bond donors (Lipinski definition) is 0. The van der Waals surface area contributed by atoms with Crippen LogP contribution in [0.25, 0.3) is 0 Å². The van der Waals surface area contributed by atoms with E-state index in [0.717, 1.165) is 0 Å². The lowest BCUT2D eigenvalue weighted by Crippen LogP contribution is -2.28. The van der Waals surface area contributed by atoms with Crippen LogP contribution >= 0.6 is 11.8 Å². The molecule has 0 unspecified atom stereocenters. The number of alkyl halides is 2. The van der Waals surface area contributed by atoms with Gasteiger partial charge in [-0.05, 0) is 14.1 Å². The second kappa shape index (κ2) is 6.01. The Bertz CT molecular complexity index is 184. The van der Waals surface area contributed by atoms with E-state index in [2.05, 4.69) is 23.7 Å². The first kappa shape index (κ1) is 13.2. The highest BCUT2D eigenvalue weighted by Crippen LogP contribution is 2.24. The normalized spacial score (nSPS) is 27.2. The summed E-state index contributed by atoms with van der Waals surface area (Å²) in [5.41, 5.74) is 0. The number of nitrogens with zero attached hydrogens (tertiary/aromatic N) is 2. The van der Waals surface area contributed by atoms with E-state index in [9.17, 15) is 8.78 Å². The molecule has 5 heteroatoms. The van der Waals surface area contributed by atoms with Crippen molar-refractivity contribution in [2.75, 3.05) is 51.8 Å². The monoisotopic (exact) mass is 238 g/mol. The maximum absolute atomic E-state index is 12.2. The average Bonchev–Trinajstić information content (AvgIpc) is 2.46. The summed E-state index contributed by atoms with van der Waals surface area (Å²) in [6.07, 6.45) is 0.0312. The van der Waals surface area contributed by atoms with Gasteiger partial charge in [0.1, 0.15) is 0 Å². The van der Waals surface area contributed by atoms with Crippen LogP contribution in [-0.2, 0) is 0 Å². The predicted octanol–water partition coefficient (Wildman–Crippen LogP) is 1.62. The van der Waals surface area contributed by atoms with Crippen molar-refractivity contribution in [3.05, 3.63) is 0 Å². The van der Waals surface area contributed by atoms with Gasteiger partial charge in [-0.2, -0.15) is 11.8 Å². The van der Waals surface area contributed by atoms with Crippen molar-refractivity contribution in [3.63, 3.8) is 0 Å². The summed E-state index contributed by atoms with van der Waals surface area (Å²) >= 11 is 2.06. The Labute approximate surface area is 95.0 Å². The van der Waals surface area contributed by atoms with E-state index in [1.165, 1.54) is 24.6 Å². The lowest BCUT2D eigenvalue weighted by Gasteiger charge is -2.20. The summed E-state index contributed by atoms with van der Waals surface area (Å²) in [5.74, 6) is 0.252. The lowest BCUT2D eigenvalue weighted by molar-refractivity contribution is 0.0146. The zero-order valence-electron chi connectivity index (χ0n) is 9.51. The van der Waals surface area contributed by atoms with Gasteiger partial charge in [0, 0.05) is 37.6 Å². The van der Waals surface area contributed by atoms with E-state index in [0.29, 0.717) is 6.54 Å². The van der Waals surface area contributed by atoms with Crippen LogP contribution in [0.4, 0.5) is 8.78 Å². The number of thioether (sulfide) groups is 1. The van der Waals surface area contributed by atoms with Crippen LogP contribution < -0.4 is 0 Å². The summed E-state index contributed by atoms with van der Waals surface area (Å²) in [7, 11) is 3.89. The molecule has 2 nitrogen and oxygen atoms in total. The first-order valence-corrected chi connectivity index (χ1v) is 6.48. The number of hydrogen-bond acceptors (Lipinski definition) is 3. The average molecular weight is 238 g/mol. The van der Waals surface area contributed by atoms with Crippen molar-refractivity contribution in [1.29, 1.82) is 0 Å². The molecule has 0 aromatic carbocycles. The van der Waals surface area contributed by atoms with E-state index in [1.54, 1.807) is 11.9 Å². The molecule has 0 radical (unpaired) electrons. The van der Waals surface area contributed by atoms with Crippen LogP contribution in [0.5, 0.6) is 0 Å². The van der Waals surface area contributed by atoms with E-state index < -0.39 is 5.92 Å². The maximum Gasteiger partial charge on any atom is 0.261 e. The second-order valence-corrected chi connectivity index (χ2v) is 5.48. The van der Waals surface area contributed by atoms with Crippen molar-refractivity contribution >= 4 is 11.8 Å². The van der Waals surface area contributed by atoms with Crippen molar-refractivity contribution in [3.8, 4) is 0 Å². The van der Waals surface area contributed by atoms with Gasteiger partial charge in [-0.1, -0.05) is 0 Å². The van der Waals surface area contributed by atoms with Gasteiger partial charge >= 0.3 is 0 Å². The lowest BCUT2D eigenvalue weighted by atomic mass is 10.3. The molecule has 0 atom stereocenters. The molecule has 2 fully saturated rings. The number of halogens is 2. The highest BCUT2D eigenvalue weighted by atomic mass is 32.2. The molecule has 0 aromatic heterocycles. The van der Waals surface area contributed by atoms with Crippen molar-refractivity contribution < 1.29 is 8.78 Å². The Morgan fingerprint density at radius 2 is 1.60 bits per heavy atom.